The molecule has 88 valence electrons. The summed E-state index contributed by atoms with van der Waals surface area (Å²) < 4.78 is 0. The summed E-state index contributed by atoms with van der Waals surface area (Å²) in [4.78, 5) is 2.17. The van der Waals surface area contributed by atoms with Gasteiger partial charge in [-0.25, -0.2) is 0 Å². The van der Waals surface area contributed by atoms with Crippen molar-refractivity contribution in [3.63, 3.8) is 0 Å². The molecule has 0 amide bonds. The summed E-state index contributed by atoms with van der Waals surface area (Å²) in [6.45, 7) is 3.52. The minimum atomic E-state index is 0.102. The number of phenols is 1. The Hall–Kier alpha value is -0.600. The van der Waals surface area contributed by atoms with Crippen LogP contribution in [0, 0.1) is 6.92 Å². The van der Waals surface area contributed by atoms with Crippen LogP contribution in [0.25, 0.3) is 0 Å². The Morgan fingerprint density at radius 1 is 1.25 bits per heavy atom. The van der Waals surface area contributed by atoms with Crippen molar-refractivity contribution in [3.8, 4) is 5.75 Å². The number of hydrogen-bond donors (Lipinski definition) is 1. The van der Waals surface area contributed by atoms with E-state index in [0.29, 0.717) is 5.75 Å². The number of hydrogen-bond acceptors (Lipinski definition) is 2. The number of alkyl halides is 2. The van der Waals surface area contributed by atoms with Crippen LogP contribution in [0.5, 0.6) is 5.75 Å². The predicted octanol–water partition coefficient (Wildman–Crippen LogP) is 3.13. The summed E-state index contributed by atoms with van der Waals surface area (Å²) in [5.74, 6) is 0.325. The third-order valence-corrected chi connectivity index (χ3v) is 3.53. The summed E-state index contributed by atoms with van der Waals surface area (Å²) in [5, 5.41) is 9.68. The highest BCUT2D eigenvalue weighted by Crippen LogP contribution is 2.28. The van der Waals surface area contributed by atoms with Crippen LogP contribution in [-0.2, 0) is 0 Å². The van der Waals surface area contributed by atoms with E-state index in [9.17, 15) is 5.11 Å². The monoisotopic (exact) mass is 259 g/mol. The Kier molecular flexibility index (Phi) is 3.50. The lowest BCUT2D eigenvalue weighted by Crippen LogP contribution is -2.41. The van der Waals surface area contributed by atoms with Gasteiger partial charge in [0.2, 0.25) is 0 Å². The molecular formula is C12H15Cl2NO. The fourth-order valence-electron chi connectivity index (χ4n) is 2.03. The summed E-state index contributed by atoms with van der Waals surface area (Å²) in [5.41, 5.74) is 1.95. The van der Waals surface area contributed by atoms with Gasteiger partial charge in [0, 0.05) is 18.8 Å². The first kappa shape index (κ1) is 11.9. The van der Waals surface area contributed by atoms with Gasteiger partial charge in [-0.15, -0.1) is 23.2 Å². The molecule has 0 aromatic heterocycles. The second-order valence-corrected chi connectivity index (χ2v) is 5.54. The summed E-state index contributed by atoms with van der Waals surface area (Å²) >= 11 is 12.3. The molecule has 4 heteroatoms. The van der Waals surface area contributed by atoms with Crippen LogP contribution in [0.15, 0.2) is 18.2 Å². The Labute approximate surface area is 106 Å². The highest BCUT2D eigenvalue weighted by atomic mass is 35.5. The maximum absolute atomic E-state index is 9.48. The summed E-state index contributed by atoms with van der Waals surface area (Å²) in [6, 6.07) is 5.58. The number of phenolic OH excluding ortho intramolecular Hbond substituents is 1. The van der Waals surface area contributed by atoms with Gasteiger partial charge >= 0.3 is 0 Å². The number of aromatic hydroxyl groups is 1. The molecule has 16 heavy (non-hydrogen) atoms. The van der Waals surface area contributed by atoms with Crippen molar-refractivity contribution in [1.29, 1.82) is 0 Å². The van der Waals surface area contributed by atoms with Crippen molar-refractivity contribution in [2.24, 2.45) is 0 Å². The van der Waals surface area contributed by atoms with Gasteiger partial charge in [-0.3, -0.25) is 0 Å². The van der Waals surface area contributed by atoms with E-state index >= 15 is 0 Å². The molecule has 0 bridgehead atoms. The van der Waals surface area contributed by atoms with Gasteiger partial charge in [-0.2, -0.15) is 0 Å². The highest BCUT2D eigenvalue weighted by Gasteiger charge is 2.24. The van der Waals surface area contributed by atoms with Crippen molar-refractivity contribution >= 4 is 28.9 Å². The van der Waals surface area contributed by atoms with E-state index < -0.39 is 0 Å². The van der Waals surface area contributed by atoms with Crippen LogP contribution >= 0.6 is 23.2 Å². The molecule has 2 unspecified atom stereocenters. The zero-order chi connectivity index (χ0) is 11.7. The predicted molar refractivity (Wildman–Crippen MR) is 69.0 cm³/mol. The molecule has 1 saturated heterocycles. The lowest BCUT2D eigenvalue weighted by molar-refractivity contribution is 0.471. The number of anilines is 1. The van der Waals surface area contributed by atoms with Crippen molar-refractivity contribution in [3.05, 3.63) is 23.8 Å². The summed E-state index contributed by atoms with van der Waals surface area (Å²) in [6.07, 6.45) is 0.858. The van der Waals surface area contributed by atoms with Gasteiger partial charge in [0.25, 0.3) is 0 Å². The van der Waals surface area contributed by atoms with Gasteiger partial charge in [0.15, 0.2) is 0 Å². The third kappa shape index (κ3) is 2.55. The Bertz CT molecular complexity index is 373. The van der Waals surface area contributed by atoms with Gasteiger partial charge < -0.3 is 10.0 Å². The molecule has 0 spiro atoms. The molecule has 1 aliphatic heterocycles. The Morgan fingerprint density at radius 3 is 2.44 bits per heavy atom. The van der Waals surface area contributed by atoms with Crippen LogP contribution in [0.3, 0.4) is 0 Å². The van der Waals surface area contributed by atoms with E-state index in [4.69, 9.17) is 23.2 Å². The number of halogens is 2. The normalized spacial score (nSPS) is 25.8. The standard InChI is InChI=1S/C12H15Cl2NO/c1-8-4-11(2-3-12(8)16)15-6-9(13)5-10(14)7-15/h2-4,9-10,16H,5-7H2,1H3. The number of rotatable bonds is 1. The van der Waals surface area contributed by atoms with Crippen LogP contribution < -0.4 is 4.90 Å². The van der Waals surface area contributed by atoms with E-state index in [2.05, 4.69) is 4.90 Å². The van der Waals surface area contributed by atoms with Crippen LogP contribution in [-0.4, -0.2) is 29.0 Å². The zero-order valence-corrected chi connectivity index (χ0v) is 10.7. The number of benzene rings is 1. The quantitative estimate of drug-likeness (QED) is 0.784. The van der Waals surface area contributed by atoms with E-state index in [1.807, 2.05) is 19.1 Å². The maximum atomic E-state index is 9.48. The van der Waals surface area contributed by atoms with Gasteiger partial charge in [-0.1, -0.05) is 0 Å². The van der Waals surface area contributed by atoms with Gasteiger partial charge in [-0.05, 0) is 37.1 Å². The molecule has 1 aromatic carbocycles. The Balaban J connectivity index is 2.19. The first-order valence-corrected chi connectivity index (χ1v) is 6.26. The minimum Gasteiger partial charge on any atom is -0.508 e. The lowest BCUT2D eigenvalue weighted by Gasteiger charge is -2.34. The first-order chi connectivity index (χ1) is 7.56. The molecule has 2 nitrogen and oxygen atoms in total. The highest BCUT2D eigenvalue weighted by molar-refractivity contribution is 6.24. The smallest absolute Gasteiger partial charge is 0.118 e. The SMILES string of the molecule is Cc1cc(N2CC(Cl)CC(Cl)C2)ccc1O. The van der Waals surface area contributed by atoms with Crippen molar-refractivity contribution in [2.75, 3.05) is 18.0 Å². The molecule has 0 radical (unpaired) electrons. The molecule has 1 aromatic rings. The van der Waals surface area contributed by atoms with E-state index in [1.54, 1.807) is 6.07 Å². The second-order valence-electron chi connectivity index (χ2n) is 4.31. The second kappa shape index (κ2) is 4.72. The molecule has 2 atom stereocenters. The zero-order valence-electron chi connectivity index (χ0n) is 9.16. The van der Waals surface area contributed by atoms with Crippen LogP contribution in [0.4, 0.5) is 5.69 Å². The number of aryl methyl sites for hydroxylation is 1. The van der Waals surface area contributed by atoms with Crippen LogP contribution in [0.1, 0.15) is 12.0 Å². The largest absolute Gasteiger partial charge is 0.508 e. The molecular weight excluding hydrogens is 245 g/mol. The van der Waals surface area contributed by atoms with Crippen molar-refractivity contribution in [1.82, 2.24) is 0 Å². The molecule has 1 heterocycles. The third-order valence-electron chi connectivity index (χ3n) is 2.89. The fraction of sp³-hybridized carbons (Fsp3) is 0.500. The van der Waals surface area contributed by atoms with Gasteiger partial charge in [0.1, 0.15) is 5.75 Å². The Morgan fingerprint density at radius 2 is 1.88 bits per heavy atom. The van der Waals surface area contributed by atoms with Crippen LogP contribution in [0.2, 0.25) is 0 Å². The average Bonchev–Trinajstić information content (AvgIpc) is 2.20. The fourth-order valence-corrected chi connectivity index (χ4v) is 2.88. The topological polar surface area (TPSA) is 23.5 Å². The number of piperidine rings is 1. The van der Waals surface area contributed by atoms with E-state index in [0.717, 1.165) is 30.8 Å². The molecule has 1 N–H and O–H groups in total. The van der Waals surface area contributed by atoms with Crippen molar-refractivity contribution in [2.45, 2.75) is 24.1 Å². The molecule has 1 aliphatic rings. The van der Waals surface area contributed by atoms with E-state index in [-0.39, 0.29) is 10.8 Å². The summed E-state index contributed by atoms with van der Waals surface area (Å²) in [7, 11) is 0. The van der Waals surface area contributed by atoms with E-state index in [1.165, 1.54) is 0 Å². The van der Waals surface area contributed by atoms with Crippen molar-refractivity contribution < 1.29 is 5.11 Å². The van der Waals surface area contributed by atoms with Gasteiger partial charge in [0.05, 0.1) is 10.8 Å². The lowest BCUT2D eigenvalue weighted by atomic mass is 10.1. The number of nitrogens with zero attached hydrogens (tertiary/aromatic N) is 1. The first-order valence-electron chi connectivity index (χ1n) is 5.39. The molecule has 1 fully saturated rings. The molecule has 0 saturated carbocycles. The molecule has 2 rings (SSSR count). The average molecular weight is 260 g/mol. The maximum Gasteiger partial charge on any atom is 0.118 e. The molecule has 0 aliphatic carbocycles. The minimum absolute atomic E-state index is 0.102.